The van der Waals surface area contributed by atoms with Crippen LogP contribution in [0.25, 0.3) is 0 Å². The van der Waals surface area contributed by atoms with Crippen LogP contribution in [-0.2, 0) is 21.2 Å². The predicted octanol–water partition coefficient (Wildman–Crippen LogP) is 2.73. The molecule has 27 heavy (non-hydrogen) atoms. The first-order valence-corrected chi connectivity index (χ1v) is 10.6. The van der Waals surface area contributed by atoms with Crippen molar-refractivity contribution in [3.63, 3.8) is 0 Å². The Labute approximate surface area is 158 Å². The lowest BCUT2D eigenvalue weighted by Gasteiger charge is -2.28. The lowest BCUT2D eigenvalue weighted by molar-refractivity contribution is -0.136. The van der Waals surface area contributed by atoms with Gasteiger partial charge in [-0.15, -0.1) is 0 Å². The fourth-order valence-electron chi connectivity index (χ4n) is 3.21. The summed E-state index contributed by atoms with van der Waals surface area (Å²) < 4.78 is 42.9. The molecule has 3 rings (SSSR count). The first-order valence-electron chi connectivity index (χ1n) is 8.77. The van der Waals surface area contributed by atoms with Crippen LogP contribution < -0.4 is 4.74 Å². The summed E-state index contributed by atoms with van der Waals surface area (Å²) in [7, 11) is -3.16. The minimum absolute atomic E-state index is 0.0588. The van der Waals surface area contributed by atoms with E-state index >= 15 is 0 Å². The van der Waals surface area contributed by atoms with Crippen LogP contribution in [-0.4, -0.2) is 43.4 Å². The molecule has 0 aromatic heterocycles. The molecule has 144 valence electrons. The van der Waals surface area contributed by atoms with E-state index in [9.17, 15) is 17.6 Å². The van der Waals surface area contributed by atoms with Crippen LogP contribution >= 0.6 is 0 Å². The van der Waals surface area contributed by atoms with Crippen LogP contribution in [0.4, 0.5) is 4.39 Å². The standard InChI is InChI=1S/C20H22FNO4S/c1-15-5-2-3-8-19(15)26-13-20(23)22(18-9-10-27(24,25)14-18)12-16-6-4-7-17(21)11-16/h2-8,11,18H,9-10,12-14H2,1H3/t18-/m1/s1. The number of ether oxygens (including phenoxy) is 1. The zero-order valence-electron chi connectivity index (χ0n) is 15.1. The maximum atomic E-state index is 13.5. The van der Waals surface area contributed by atoms with Gasteiger partial charge in [-0.2, -0.15) is 0 Å². The molecule has 1 atom stereocenters. The Morgan fingerprint density at radius 2 is 2.00 bits per heavy atom. The van der Waals surface area contributed by atoms with Gasteiger partial charge in [-0.1, -0.05) is 30.3 Å². The van der Waals surface area contributed by atoms with Gasteiger partial charge in [0.25, 0.3) is 5.91 Å². The van der Waals surface area contributed by atoms with Gasteiger partial charge < -0.3 is 9.64 Å². The number of amides is 1. The third-order valence-corrected chi connectivity index (χ3v) is 6.41. The molecular weight excluding hydrogens is 369 g/mol. The van der Waals surface area contributed by atoms with Crippen molar-refractivity contribution in [3.05, 3.63) is 65.5 Å². The molecule has 2 aromatic carbocycles. The van der Waals surface area contributed by atoms with Crippen LogP contribution in [0.3, 0.4) is 0 Å². The minimum Gasteiger partial charge on any atom is -0.484 e. The van der Waals surface area contributed by atoms with Gasteiger partial charge in [0.1, 0.15) is 11.6 Å². The Morgan fingerprint density at radius 3 is 2.67 bits per heavy atom. The number of benzene rings is 2. The highest BCUT2D eigenvalue weighted by molar-refractivity contribution is 7.91. The number of rotatable bonds is 6. The van der Waals surface area contributed by atoms with Crippen LogP contribution in [0.1, 0.15) is 17.5 Å². The zero-order chi connectivity index (χ0) is 19.4. The molecule has 0 spiro atoms. The van der Waals surface area contributed by atoms with Gasteiger partial charge >= 0.3 is 0 Å². The number of carbonyl (C=O) groups excluding carboxylic acids is 1. The van der Waals surface area contributed by atoms with E-state index in [4.69, 9.17) is 4.74 Å². The minimum atomic E-state index is -3.16. The van der Waals surface area contributed by atoms with E-state index in [-0.39, 0.29) is 30.6 Å². The largest absolute Gasteiger partial charge is 0.484 e. The molecule has 1 aliphatic rings. The van der Waals surface area contributed by atoms with E-state index in [2.05, 4.69) is 0 Å². The number of nitrogens with zero attached hydrogens (tertiary/aromatic N) is 1. The van der Waals surface area contributed by atoms with Gasteiger partial charge in [0.2, 0.25) is 0 Å². The Kier molecular flexibility index (Phi) is 5.79. The lowest BCUT2D eigenvalue weighted by atomic mass is 10.1. The molecule has 1 saturated heterocycles. The number of hydrogen-bond acceptors (Lipinski definition) is 4. The number of hydrogen-bond donors (Lipinski definition) is 0. The second-order valence-electron chi connectivity index (χ2n) is 6.76. The van der Waals surface area contributed by atoms with Crippen LogP contribution in [0.15, 0.2) is 48.5 Å². The molecule has 1 aliphatic heterocycles. The highest BCUT2D eigenvalue weighted by Gasteiger charge is 2.34. The maximum absolute atomic E-state index is 13.5. The van der Waals surface area contributed by atoms with Gasteiger partial charge in [0.15, 0.2) is 16.4 Å². The van der Waals surface area contributed by atoms with Gasteiger partial charge in [-0.05, 0) is 42.7 Å². The molecule has 1 amide bonds. The fraction of sp³-hybridized carbons (Fsp3) is 0.350. The molecular formula is C20H22FNO4S. The van der Waals surface area contributed by atoms with E-state index < -0.39 is 21.7 Å². The van der Waals surface area contributed by atoms with E-state index in [1.54, 1.807) is 18.2 Å². The van der Waals surface area contributed by atoms with Crippen LogP contribution in [0, 0.1) is 12.7 Å². The molecule has 5 nitrogen and oxygen atoms in total. The topological polar surface area (TPSA) is 63.7 Å². The third-order valence-electron chi connectivity index (χ3n) is 4.66. The smallest absolute Gasteiger partial charge is 0.261 e. The summed E-state index contributed by atoms with van der Waals surface area (Å²) >= 11 is 0. The summed E-state index contributed by atoms with van der Waals surface area (Å²) in [6.45, 7) is 1.83. The van der Waals surface area contributed by atoms with Crippen molar-refractivity contribution >= 4 is 15.7 Å². The summed E-state index contributed by atoms with van der Waals surface area (Å²) in [6.07, 6.45) is 0.383. The average molecular weight is 391 g/mol. The first kappa shape index (κ1) is 19.4. The predicted molar refractivity (Wildman–Crippen MR) is 101 cm³/mol. The van der Waals surface area contributed by atoms with E-state index in [0.717, 1.165) is 5.56 Å². The number of aryl methyl sites for hydroxylation is 1. The fourth-order valence-corrected chi connectivity index (χ4v) is 4.95. The van der Waals surface area contributed by atoms with Gasteiger partial charge in [-0.25, -0.2) is 12.8 Å². The molecule has 0 saturated carbocycles. The molecule has 2 aromatic rings. The van der Waals surface area contributed by atoms with Gasteiger partial charge in [0, 0.05) is 12.6 Å². The van der Waals surface area contributed by atoms with Crippen molar-refractivity contribution in [1.29, 1.82) is 0 Å². The van der Waals surface area contributed by atoms with Crippen molar-refractivity contribution in [2.24, 2.45) is 0 Å². The van der Waals surface area contributed by atoms with Crippen LogP contribution in [0.2, 0.25) is 0 Å². The summed E-state index contributed by atoms with van der Waals surface area (Å²) in [5.74, 6) is -0.114. The molecule has 0 N–H and O–H groups in total. The number of para-hydroxylation sites is 1. The molecule has 0 aliphatic carbocycles. The van der Waals surface area contributed by atoms with Crippen LogP contribution in [0.5, 0.6) is 5.75 Å². The number of sulfone groups is 1. The summed E-state index contributed by atoms with van der Waals surface area (Å²) in [5, 5.41) is 0. The maximum Gasteiger partial charge on any atom is 0.261 e. The van der Waals surface area contributed by atoms with Gasteiger partial charge in [-0.3, -0.25) is 4.79 Å². The van der Waals surface area contributed by atoms with E-state index in [1.165, 1.54) is 17.0 Å². The normalized spacial score (nSPS) is 18.2. The quantitative estimate of drug-likeness (QED) is 0.760. The molecule has 0 unspecified atom stereocenters. The molecule has 1 fully saturated rings. The van der Waals surface area contributed by atoms with Crippen molar-refractivity contribution in [2.45, 2.75) is 25.9 Å². The SMILES string of the molecule is Cc1ccccc1OCC(=O)N(Cc1cccc(F)c1)[C@@H]1CCS(=O)(=O)C1. The highest BCUT2D eigenvalue weighted by atomic mass is 32.2. The third kappa shape index (κ3) is 5.07. The molecule has 0 bridgehead atoms. The van der Waals surface area contributed by atoms with Crippen molar-refractivity contribution in [3.8, 4) is 5.75 Å². The Bertz CT molecular complexity index is 929. The Morgan fingerprint density at radius 1 is 1.22 bits per heavy atom. The Hall–Kier alpha value is -2.41. The van der Waals surface area contributed by atoms with Gasteiger partial charge in [0.05, 0.1) is 11.5 Å². The van der Waals surface area contributed by atoms with Crippen molar-refractivity contribution < 1.29 is 22.3 Å². The van der Waals surface area contributed by atoms with E-state index in [1.807, 2.05) is 25.1 Å². The lowest BCUT2D eigenvalue weighted by Crippen LogP contribution is -2.43. The summed E-state index contributed by atoms with van der Waals surface area (Å²) in [6, 6.07) is 12.9. The summed E-state index contributed by atoms with van der Waals surface area (Å²) in [4.78, 5) is 14.3. The van der Waals surface area contributed by atoms with Crippen molar-refractivity contribution in [2.75, 3.05) is 18.1 Å². The number of carbonyl (C=O) groups is 1. The zero-order valence-corrected chi connectivity index (χ0v) is 15.9. The molecule has 1 heterocycles. The number of halogens is 1. The molecule has 7 heteroatoms. The second kappa shape index (κ2) is 8.08. The van der Waals surface area contributed by atoms with Crippen molar-refractivity contribution in [1.82, 2.24) is 4.90 Å². The van der Waals surface area contributed by atoms with E-state index in [0.29, 0.717) is 17.7 Å². The highest BCUT2D eigenvalue weighted by Crippen LogP contribution is 2.22. The second-order valence-corrected chi connectivity index (χ2v) is 8.99. The summed E-state index contributed by atoms with van der Waals surface area (Å²) in [5.41, 5.74) is 1.52. The average Bonchev–Trinajstić information content (AvgIpc) is 2.98. The molecule has 0 radical (unpaired) electrons. The Balaban J connectivity index is 1.76. The monoisotopic (exact) mass is 391 g/mol. The first-order chi connectivity index (χ1) is 12.8.